The second kappa shape index (κ2) is 8.78. The SMILES string of the molecule is CCNS(=O)(=O)N1CC[C@H](Nc2nc(O[C@@H](C)[C@H](C)O)nc3c2ncn3CC)C1. The van der Waals surface area contributed by atoms with E-state index < -0.39 is 22.4 Å². The molecule has 0 spiro atoms. The van der Waals surface area contributed by atoms with E-state index >= 15 is 0 Å². The van der Waals surface area contributed by atoms with Crippen LogP contribution in [0.15, 0.2) is 6.33 Å². The Hall–Kier alpha value is -2.02. The van der Waals surface area contributed by atoms with Gasteiger partial charge in [0.25, 0.3) is 10.2 Å². The highest BCUT2D eigenvalue weighted by Gasteiger charge is 2.31. The van der Waals surface area contributed by atoms with Crippen LogP contribution in [0.25, 0.3) is 11.2 Å². The van der Waals surface area contributed by atoms with Gasteiger partial charge in [-0.15, -0.1) is 0 Å². The molecule has 1 aliphatic heterocycles. The summed E-state index contributed by atoms with van der Waals surface area (Å²) < 4.78 is 36.0. The lowest BCUT2D eigenvalue weighted by Crippen LogP contribution is -2.40. The third kappa shape index (κ3) is 4.77. The van der Waals surface area contributed by atoms with Gasteiger partial charge in [0.1, 0.15) is 6.10 Å². The van der Waals surface area contributed by atoms with Crippen LogP contribution in [0, 0.1) is 0 Å². The standard InChI is InChI=1S/C17H29N7O4S/c1-5-19-29(26,27)24-8-7-13(9-24)20-15-14-16(23(6-2)10-18-14)22-17(21-15)28-12(4)11(3)25/h10-13,19,25H,5-9H2,1-4H3,(H,20,21,22)/t11-,12-,13-/m0/s1. The normalized spacial score (nSPS) is 20.1. The molecule has 3 atom stereocenters. The number of rotatable bonds is 9. The fourth-order valence-electron chi connectivity index (χ4n) is 3.11. The van der Waals surface area contributed by atoms with Gasteiger partial charge >= 0.3 is 6.01 Å². The molecule has 11 nitrogen and oxygen atoms in total. The number of imidazole rings is 1. The smallest absolute Gasteiger partial charge is 0.320 e. The minimum atomic E-state index is -3.47. The van der Waals surface area contributed by atoms with E-state index in [-0.39, 0.29) is 12.1 Å². The highest BCUT2D eigenvalue weighted by molar-refractivity contribution is 7.87. The maximum atomic E-state index is 12.2. The van der Waals surface area contributed by atoms with Gasteiger partial charge in [-0.1, -0.05) is 6.92 Å². The van der Waals surface area contributed by atoms with Gasteiger partial charge in [0, 0.05) is 32.2 Å². The van der Waals surface area contributed by atoms with Crippen LogP contribution in [0.4, 0.5) is 5.82 Å². The van der Waals surface area contributed by atoms with Crippen molar-refractivity contribution in [2.45, 2.75) is 58.9 Å². The molecule has 0 bridgehead atoms. The number of aliphatic hydroxyl groups excluding tert-OH is 1. The lowest BCUT2D eigenvalue weighted by atomic mass is 10.2. The van der Waals surface area contributed by atoms with Crippen LogP contribution in [0.5, 0.6) is 6.01 Å². The Kier molecular flexibility index (Phi) is 6.56. The number of nitrogens with one attached hydrogen (secondary N) is 2. The van der Waals surface area contributed by atoms with Crippen molar-refractivity contribution in [3.8, 4) is 6.01 Å². The number of aliphatic hydroxyl groups is 1. The van der Waals surface area contributed by atoms with Gasteiger partial charge in [0.05, 0.1) is 12.4 Å². The molecule has 0 amide bonds. The molecule has 1 aliphatic rings. The van der Waals surface area contributed by atoms with Gasteiger partial charge in [-0.25, -0.2) is 9.71 Å². The van der Waals surface area contributed by atoms with Crippen molar-refractivity contribution in [3.63, 3.8) is 0 Å². The van der Waals surface area contributed by atoms with Crippen molar-refractivity contribution < 1.29 is 18.3 Å². The molecule has 0 saturated carbocycles. The van der Waals surface area contributed by atoms with E-state index in [4.69, 9.17) is 4.74 Å². The average Bonchev–Trinajstić information content (AvgIpc) is 3.28. The summed E-state index contributed by atoms with van der Waals surface area (Å²) in [7, 11) is -3.47. The van der Waals surface area contributed by atoms with Gasteiger partial charge in [0.2, 0.25) is 0 Å². The summed E-state index contributed by atoms with van der Waals surface area (Å²) in [6.45, 7) is 8.88. The number of hydrogen-bond donors (Lipinski definition) is 3. The molecule has 162 valence electrons. The molecule has 1 saturated heterocycles. The molecular formula is C17H29N7O4S. The third-order valence-corrected chi connectivity index (χ3v) is 6.58. The first kappa shape index (κ1) is 21.7. The fraction of sp³-hybridized carbons (Fsp3) is 0.706. The van der Waals surface area contributed by atoms with E-state index in [2.05, 4.69) is 25.0 Å². The third-order valence-electron chi connectivity index (χ3n) is 4.91. The number of hydrogen-bond acceptors (Lipinski definition) is 8. The second-order valence-electron chi connectivity index (χ2n) is 7.11. The number of ether oxygens (including phenoxy) is 1. The van der Waals surface area contributed by atoms with Crippen LogP contribution in [0.1, 0.15) is 34.1 Å². The molecule has 12 heteroatoms. The Morgan fingerprint density at radius 1 is 1.34 bits per heavy atom. The topological polar surface area (TPSA) is 135 Å². The van der Waals surface area contributed by atoms with E-state index in [1.165, 1.54) is 4.31 Å². The first-order chi connectivity index (χ1) is 13.7. The first-order valence-electron chi connectivity index (χ1n) is 9.84. The minimum Gasteiger partial charge on any atom is -0.458 e. The van der Waals surface area contributed by atoms with Gasteiger partial charge in [-0.05, 0) is 27.2 Å². The van der Waals surface area contributed by atoms with Crippen LogP contribution in [-0.2, 0) is 16.8 Å². The number of aryl methyl sites for hydroxylation is 1. The second-order valence-corrected chi connectivity index (χ2v) is 8.87. The van der Waals surface area contributed by atoms with Crippen molar-refractivity contribution >= 4 is 27.2 Å². The number of anilines is 1. The first-order valence-corrected chi connectivity index (χ1v) is 11.3. The van der Waals surface area contributed by atoms with Crippen molar-refractivity contribution in [3.05, 3.63) is 6.33 Å². The zero-order chi connectivity index (χ0) is 21.2. The largest absolute Gasteiger partial charge is 0.458 e. The molecule has 0 radical (unpaired) electrons. The number of fused-ring (bicyclic) bond motifs is 1. The maximum absolute atomic E-state index is 12.2. The van der Waals surface area contributed by atoms with Crippen LogP contribution in [-0.4, -0.2) is 75.2 Å². The summed E-state index contributed by atoms with van der Waals surface area (Å²) in [6.07, 6.45) is 1.17. The minimum absolute atomic E-state index is 0.115. The number of nitrogens with zero attached hydrogens (tertiary/aromatic N) is 5. The predicted molar refractivity (Wildman–Crippen MR) is 109 cm³/mol. The Balaban J connectivity index is 1.85. The summed E-state index contributed by atoms with van der Waals surface area (Å²) in [5, 5.41) is 13.0. The van der Waals surface area contributed by atoms with Gasteiger partial charge < -0.3 is 19.7 Å². The lowest BCUT2D eigenvalue weighted by molar-refractivity contribution is 0.0544. The van der Waals surface area contributed by atoms with E-state index in [1.54, 1.807) is 27.1 Å². The van der Waals surface area contributed by atoms with E-state index in [0.29, 0.717) is 49.6 Å². The molecule has 0 aliphatic carbocycles. The van der Waals surface area contributed by atoms with Crippen molar-refractivity contribution in [2.75, 3.05) is 25.0 Å². The molecule has 2 aromatic rings. The quantitative estimate of drug-likeness (QED) is 0.521. The van der Waals surface area contributed by atoms with Crippen molar-refractivity contribution in [1.82, 2.24) is 28.5 Å². The Morgan fingerprint density at radius 3 is 2.76 bits per heavy atom. The predicted octanol–water partition coefficient (Wildman–Crippen LogP) is 0.335. The molecule has 3 heterocycles. The molecule has 3 N–H and O–H groups in total. The Morgan fingerprint density at radius 2 is 2.10 bits per heavy atom. The lowest BCUT2D eigenvalue weighted by Gasteiger charge is -2.19. The summed E-state index contributed by atoms with van der Waals surface area (Å²) in [5.74, 6) is 0.489. The highest BCUT2D eigenvalue weighted by Crippen LogP contribution is 2.25. The number of aromatic nitrogens is 4. The zero-order valence-corrected chi connectivity index (χ0v) is 18.0. The Bertz CT molecular complexity index is 947. The molecule has 1 fully saturated rings. The highest BCUT2D eigenvalue weighted by atomic mass is 32.2. The maximum Gasteiger partial charge on any atom is 0.320 e. The molecule has 2 aromatic heterocycles. The van der Waals surface area contributed by atoms with Crippen molar-refractivity contribution in [1.29, 1.82) is 0 Å². The summed E-state index contributed by atoms with van der Waals surface area (Å²) in [5.41, 5.74) is 1.21. The van der Waals surface area contributed by atoms with Crippen LogP contribution in [0.2, 0.25) is 0 Å². The van der Waals surface area contributed by atoms with Crippen molar-refractivity contribution in [2.24, 2.45) is 0 Å². The zero-order valence-electron chi connectivity index (χ0n) is 17.2. The van der Waals surface area contributed by atoms with Gasteiger partial charge in [-0.3, -0.25) is 0 Å². The van der Waals surface area contributed by atoms with Crippen LogP contribution >= 0.6 is 0 Å². The van der Waals surface area contributed by atoms with E-state index in [0.717, 1.165) is 0 Å². The molecule has 0 unspecified atom stereocenters. The van der Waals surface area contributed by atoms with E-state index in [9.17, 15) is 13.5 Å². The molecule has 0 aromatic carbocycles. The summed E-state index contributed by atoms with van der Waals surface area (Å²) in [4.78, 5) is 13.3. The summed E-state index contributed by atoms with van der Waals surface area (Å²) in [6, 6.07) is 0.0223. The van der Waals surface area contributed by atoms with E-state index in [1.807, 2.05) is 11.5 Å². The monoisotopic (exact) mass is 427 g/mol. The van der Waals surface area contributed by atoms with Gasteiger partial charge in [-0.2, -0.15) is 22.7 Å². The average molecular weight is 428 g/mol. The fourth-order valence-corrected chi connectivity index (χ4v) is 4.37. The molecule has 29 heavy (non-hydrogen) atoms. The van der Waals surface area contributed by atoms with Gasteiger partial charge in [0.15, 0.2) is 17.0 Å². The summed E-state index contributed by atoms with van der Waals surface area (Å²) >= 11 is 0. The Labute approximate surface area is 170 Å². The van der Waals surface area contributed by atoms with Crippen LogP contribution in [0.3, 0.4) is 0 Å². The molecular weight excluding hydrogens is 398 g/mol. The molecule has 3 rings (SSSR count). The van der Waals surface area contributed by atoms with Crippen LogP contribution < -0.4 is 14.8 Å².